The molecule has 4 atom stereocenters. The van der Waals surface area contributed by atoms with E-state index in [-0.39, 0.29) is 36.6 Å². The number of cyclic esters (lactones) is 1. The Morgan fingerprint density at radius 2 is 1.62 bits per heavy atom. The van der Waals surface area contributed by atoms with Crippen molar-refractivity contribution < 1.29 is 43.1 Å². The third-order valence-corrected chi connectivity index (χ3v) is 6.24. The van der Waals surface area contributed by atoms with Gasteiger partial charge >= 0.3 is 11.9 Å². The van der Waals surface area contributed by atoms with Crippen LogP contribution in [0, 0.1) is 11.8 Å². The van der Waals surface area contributed by atoms with E-state index in [4.69, 9.17) is 28.4 Å². The van der Waals surface area contributed by atoms with Crippen LogP contribution in [-0.4, -0.2) is 44.7 Å². The minimum atomic E-state index is -0.892. The minimum absolute atomic E-state index is 0.0899. The first kappa shape index (κ1) is 20.4. The molecule has 32 heavy (non-hydrogen) atoms. The van der Waals surface area contributed by atoms with Crippen molar-refractivity contribution >= 4 is 11.9 Å². The van der Waals surface area contributed by atoms with E-state index < -0.39 is 29.8 Å². The number of ether oxygens (including phenoxy) is 6. The first-order valence-corrected chi connectivity index (χ1v) is 10.2. The second kappa shape index (κ2) is 7.59. The second-order valence-electron chi connectivity index (χ2n) is 7.92. The molecule has 1 aliphatic carbocycles. The van der Waals surface area contributed by atoms with Crippen LogP contribution in [0.5, 0.6) is 28.7 Å². The number of methoxy groups -OCH3 is 2. The average Bonchev–Trinajstić information content (AvgIpc) is 3.39. The summed E-state index contributed by atoms with van der Waals surface area (Å²) in [6, 6.07) is 6.97. The Morgan fingerprint density at radius 3 is 2.22 bits per heavy atom. The molecule has 5 rings (SSSR count). The highest BCUT2D eigenvalue weighted by Gasteiger charge is 2.52. The van der Waals surface area contributed by atoms with E-state index in [9.17, 15) is 14.7 Å². The zero-order valence-corrected chi connectivity index (χ0v) is 17.7. The SMILES string of the molecule is COc1cc([C@@H]2c3cc4c(cc3[C@H](O)[C@H]3COC(=O)[C@H]23)OCO4)cc(OC)c1OC(C)=O. The van der Waals surface area contributed by atoms with E-state index in [0.29, 0.717) is 22.6 Å². The normalized spacial score (nSPS) is 24.9. The number of hydrogen-bond acceptors (Lipinski definition) is 9. The molecule has 0 amide bonds. The van der Waals surface area contributed by atoms with E-state index in [0.717, 1.165) is 5.56 Å². The molecule has 1 fully saturated rings. The van der Waals surface area contributed by atoms with Crippen LogP contribution < -0.4 is 23.7 Å². The van der Waals surface area contributed by atoms with Gasteiger partial charge in [-0.15, -0.1) is 0 Å². The molecule has 3 aliphatic rings. The van der Waals surface area contributed by atoms with Gasteiger partial charge in [-0.1, -0.05) is 0 Å². The van der Waals surface area contributed by atoms with Crippen molar-refractivity contribution in [1.82, 2.24) is 0 Å². The van der Waals surface area contributed by atoms with Gasteiger partial charge in [0.2, 0.25) is 12.5 Å². The van der Waals surface area contributed by atoms with Crippen molar-refractivity contribution in [2.24, 2.45) is 11.8 Å². The summed E-state index contributed by atoms with van der Waals surface area (Å²) < 4.78 is 32.6. The highest BCUT2D eigenvalue weighted by atomic mass is 16.7. The summed E-state index contributed by atoms with van der Waals surface area (Å²) in [5, 5.41) is 11.1. The van der Waals surface area contributed by atoms with Crippen molar-refractivity contribution in [2.45, 2.75) is 18.9 Å². The molecule has 0 spiro atoms. The molecule has 2 heterocycles. The van der Waals surface area contributed by atoms with Crippen LogP contribution in [0.1, 0.15) is 35.6 Å². The van der Waals surface area contributed by atoms with E-state index >= 15 is 0 Å². The van der Waals surface area contributed by atoms with Gasteiger partial charge in [0.15, 0.2) is 23.0 Å². The fraction of sp³-hybridized carbons (Fsp3) is 0.391. The quantitative estimate of drug-likeness (QED) is 0.563. The number of carbonyl (C=O) groups is 2. The van der Waals surface area contributed by atoms with Crippen molar-refractivity contribution in [3.63, 3.8) is 0 Å². The van der Waals surface area contributed by atoms with Gasteiger partial charge in [0, 0.05) is 18.8 Å². The van der Waals surface area contributed by atoms with Gasteiger partial charge in [-0.05, 0) is 41.0 Å². The van der Waals surface area contributed by atoms with Crippen LogP contribution in [0.3, 0.4) is 0 Å². The van der Waals surface area contributed by atoms with Crippen LogP contribution in [-0.2, 0) is 14.3 Å². The molecule has 168 valence electrons. The molecule has 2 aromatic carbocycles. The highest BCUT2D eigenvalue weighted by Crippen LogP contribution is 2.55. The molecule has 2 aliphatic heterocycles. The number of fused-ring (bicyclic) bond motifs is 3. The lowest BCUT2D eigenvalue weighted by atomic mass is 9.66. The molecule has 2 aromatic rings. The van der Waals surface area contributed by atoms with Crippen LogP contribution in [0.4, 0.5) is 0 Å². The van der Waals surface area contributed by atoms with Crippen LogP contribution >= 0.6 is 0 Å². The Balaban J connectivity index is 1.72. The summed E-state index contributed by atoms with van der Waals surface area (Å²) in [7, 11) is 2.91. The fourth-order valence-corrected chi connectivity index (χ4v) is 4.86. The van der Waals surface area contributed by atoms with Gasteiger partial charge in [0.1, 0.15) is 0 Å². The van der Waals surface area contributed by atoms with Crippen LogP contribution in [0.2, 0.25) is 0 Å². The Labute approximate surface area is 183 Å². The number of esters is 2. The maximum absolute atomic E-state index is 12.8. The maximum atomic E-state index is 12.8. The third-order valence-electron chi connectivity index (χ3n) is 6.24. The molecule has 0 aromatic heterocycles. The second-order valence-corrected chi connectivity index (χ2v) is 7.92. The van der Waals surface area contributed by atoms with Crippen molar-refractivity contribution in [1.29, 1.82) is 0 Å². The lowest BCUT2D eigenvalue weighted by Gasteiger charge is -2.37. The number of carbonyl (C=O) groups excluding carboxylic acids is 2. The molecule has 0 radical (unpaired) electrons. The largest absolute Gasteiger partial charge is 0.493 e. The predicted molar refractivity (Wildman–Crippen MR) is 108 cm³/mol. The Hall–Kier alpha value is -3.46. The Morgan fingerprint density at radius 1 is 1.00 bits per heavy atom. The number of aliphatic hydroxyl groups excluding tert-OH is 1. The van der Waals surface area contributed by atoms with Gasteiger partial charge in [-0.3, -0.25) is 9.59 Å². The molecule has 1 saturated heterocycles. The number of aliphatic hydroxyl groups is 1. The zero-order chi connectivity index (χ0) is 22.6. The van der Waals surface area contributed by atoms with Gasteiger partial charge < -0.3 is 33.5 Å². The molecule has 0 saturated carbocycles. The van der Waals surface area contributed by atoms with Gasteiger partial charge in [0.05, 0.1) is 32.8 Å². The van der Waals surface area contributed by atoms with Crippen LogP contribution in [0.15, 0.2) is 24.3 Å². The summed E-state index contributed by atoms with van der Waals surface area (Å²) in [6.07, 6.45) is -0.892. The predicted octanol–water partition coefficient (Wildman–Crippen LogP) is 2.33. The van der Waals surface area contributed by atoms with E-state index in [1.165, 1.54) is 21.1 Å². The first-order chi connectivity index (χ1) is 15.4. The zero-order valence-electron chi connectivity index (χ0n) is 17.7. The highest BCUT2D eigenvalue weighted by molar-refractivity contribution is 5.79. The summed E-state index contributed by atoms with van der Waals surface area (Å²) in [6.45, 7) is 1.49. The van der Waals surface area contributed by atoms with Crippen LogP contribution in [0.25, 0.3) is 0 Å². The van der Waals surface area contributed by atoms with Gasteiger partial charge in [0.25, 0.3) is 0 Å². The number of rotatable bonds is 4. The van der Waals surface area contributed by atoms with Crippen molar-refractivity contribution in [2.75, 3.05) is 27.6 Å². The van der Waals surface area contributed by atoms with Crippen molar-refractivity contribution in [3.8, 4) is 28.7 Å². The molecule has 1 N–H and O–H groups in total. The monoisotopic (exact) mass is 442 g/mol. The molecule has 9 nitrogen and oxygen atoms in total. The van der Waals surface area contributed by atoms with E-state index in [2.05, 4.69) is 0 Å². The Kier molecular flexibility index (Phi) is 4.85. The lowest BCUT2D eigenvalue weighted by Crippen LogP contribution is -2.34. The minimum Gasteiger partial charge on any atom is -0.493 e. The lowest BCUT2D eigenvalue weighted by molar-refractivity contribution is -0.141. The fourth-order valence-electron chi connectivity index (χ4n) is 4.86. The molecule has 0 bridgehead atoms. The average molecular weight is 442 g/mol. The molecule has 9 heteroatoms. The number of benzene rings is 2. The molecule has 0 unspecified atom stereocenters. The summed E-state index contributed by atoms with van der Waals surface area (Å²) in [5.74, 6) is -0.617. The third kappa shape index (κ3) is 3.03. The molecular weight excluding hydrogens is 420 g/mol. The van der Waals surface area contributed by atoms with E-state index in [1.54, 1.807) is 24.3 Å². The standard InChI is InChI=1S/C23H22O9/c1-10(24)32-22-17(27-2)4-11(5-18(22)28-3)19-12-6-15-16(31-9-30-15)7-13(12)21(25)14-8-29-23(26)20(14)19/h4-7,14,19-21,25H,8-9H2,1-3H3/t14-,19+,20-,21-/m0/s1. The molecular formula is C23H22O9. The van der Waals surface area contributed by atoms with Gasteiger partial charge in [-0.25, -0.2) is 0 Å². The first-order valence-electron chi connectivity index (χ1n) is 10.2. The van der Waals surface area contributed by atoms with Crippen molar-refractivity contribution in [3.05, 3.63) is 41.0 Å². The summed E-state index contributed by atoms with van der Waals surface area (Å²) in [4.78, 5) is 24.4. The van der Waals surface area contributed by atoms with Gasteiger partial charge in [-0.2, -0.15) is 0 Å². The summed E-state index contributed by atoms with van der Waals surface area (Å²) >= 11 is 0. The topological polar surface area (TPSA) is 110 Å². The van der Waals surface area contributed by atoms with E-state index in [1.807, 2.05) is 0 Å². The smallest absolute Gasteiger partial charge is 0.310 e. The summed E-state index contributed by atoms with van der Waals surface area (Å²) in [5.41, 5.74) is 2.07. The number of hydrogen-bond donors (Lipinski definition) is 1. The maximum Gasteiger partial charge on any atom is 0.310 e. The Bertz CT molecular complexity index is 1080.